The van der Waals surface area contributed by atoms with E-state index in [0.717, 1.165) is 13.0 Å². The minimum absolute atomic E-state index is 0.241. The van der Waals surface area contributed by atoms with Crippen molar-refractivity contribution in [1.82, 2.24) is 5.32 Å². The molecule has 2 atom stereocenters. The van der Waals surface area contributed by atoms with Crippen LogP contribution in [0.5, 0.6) is 0 Å². The first-order valence-corrected chi connectivity index (χ1v) is 5.11. The molecular weight excluding hydrogens is 158 g/mol. The van der Waals surface area contributed by atoms with Crippen LogP contribution in [0.3, 0.4) is 0 Å². The number of hydrogen-bond acceptors (Lipinski definition) is 1. The predicted octanol–water partition coefficient (Wildman–Crippen LogP) is 2.67. The molecule has 0 amide bonds. The van der Waals surface area contributed by atoms with E-state index in [1.807, 2.05) is 0 Å². The molecule has 1 N–H and O–H groups in total. The van der Waals surface area contributed by atoms with E-state index in [9.17, 15) is 0 Å². The predicted molar refractivity (Wildman–Crippen MR) is 59.5 cm³/mol. The maximum absolute atomic E-state index is 5.37. The average Bonchev–Trinajstić information content (AvgIpc) is 2.04. The maximum atomic E-state index is 5.37. The highest BCUT2D eigenvalue weighted by Gasteiger charge is 2.19. The molecule has 0 spiro atoms. The van der Waals surface area contributed by atoms with Crippen molar-refractivity contribution < 1.29 is 0 Å². The fraction of sp³-hybridized carbons (Fsp3) is 0.833. The second-order valence-electron chi connectivity index (χ2n) is 4.80. The molecule has 0 aromatic heterocycles. The highest BCUT2D eigenvalue weighted by Crippen LogP contribution is 2.24. The van der Waals surface area contributed by atoms with Gasteiger partial charge in [-0.25, -0.2) is 0 Å². The van der Waals surface area contributed by atoms with Gasteiger partial charge < -0.3 is 5.32 Å². The number of terminal acetylenes is 1. The molecule has 0 radical (unpaired) electrons. The zero-order valence-electron chi connectivity index (χ0n) is 9.65. The quantitative estimate of drug-likeness (QED) is 0.657. The Hall–Kier alpha value is -0.480. The Morgan fingerprint density at radius 3 is 2.23 bits per heavy atom. The standard InChI is InChI=1S/C12H23N/c1-7-11(8-2)13-9-10(3)12(4,5)6/h1,10-11,13H,8-9H2,2-6H3. The molecule has 76 valence electrons. The molecule has 0 aromatic carbocycles. The van der Waals surface area contributed by atoms with Crippen LogP contribution in [0.25, 0.3) is 0 Å². The van der Waals surface area contributed by atoms with Crippen molar-refractivity contribution in [3.05, 3.63) is 0 Å². The summed E-state index contributed by atoms with van der Waals surface area (Å²) in [6.45, 7) is 12.2. The molecule has 2 unspecified atom stereocenters. The van der Waals surface area contributed by atoms with Gasteiger partial charge in [0.2, 0.25) is 0 Å². The first-order chi connectivity index (χ1) is 5.91. The van der Waals surface area contributed by atoms with Gasteiger partial charge in [-0.05, 0) is 24.3 Å². The minimum atomic E-state index is 0.241. The van der Waals surface area contributed by atoms with E-state index in [1.165, 1.54) is 0 Å². The molecule has 0 aliphatic heterocycles. The largest absolute Gasteiger partial charge is 0.303 e. The summed E-state index contributed by atoms with van der Waals surface area (Å²) in [5.74, 6) is 3.40. The zero-order chi connectivity index (χ0) is 10.5. The van der Waals surface area contributed by atoms with E-state index in [4.69, 9.17) is 6.42 Å². The number of hydrogen-bond donors (Lipinski definition) is 1. The van der Waals surface area contributed by atoms with Gasteiger partial charge in [-0.15, -0.1) is 6.42 Å². The molecular formula is C12H23N. The summed E-state index contributed by atoms with van der Waals surface area (Å²) >= 11 is 0. The first kappa shape index (κ1) is 12.5. The van der Waals surface area contributed by atoms with Gasteiger partial charge in [0.05, 0.1) is 6.04 Å². The Bertz CT molecular complexity index is 171. The van der Waals surface area contributed by atoms with Crippen molar-refractivity contribution in [2.75, 3.05) is 6.54 Å². The molecule has 13 heavy (non-hydrogen) atoms. The van der Waals surface area contributed by atoms with Crippen LogP contribution in [0, 0.1) is 23.7 Å². The van der Waals surface area contributed by atoms with Crippen LogP contribution in [0.1, 0.15) is 41.0 Å². The van der Waals surface area contributed by atoms with E-state index in [2.05, 4.69) is 45.9 Å². The van der Waals surface area contributed by atoms with Crippen molar-refractivity contribution in [2.24, 2.45) is 11.3 Å². The lowest BCUT2D eigenvalue weighted by Crippen LogP contribution is -2.35. The molecule has 0 heterocycles. The van der Waals surface area contributed by atoms with Gasteiger partial charge in [-0.3, -0.25) is 0 Å². The van der Waals surface area contributed by atoms with Crippen LogP contribution in [-0.4, -0.2) is 12.6 Å². The molecule has 0 fully saturated rings. The topological polar surface area (TPSA) is 12.0 Å². The molecule has 0 aromatic rings. The van der Waals surface area contributed by atoms with Gasteiger partial charge in [0, 0.05) is 0 Å². The maximum Gasteiger partial charge on any atom is 0.0684 e. The summed E-state index contributed by atoms with van der Waals surface area (Å²) in [7, 11) is 0. The summed E-state index contributed by atoms with van der Waals surface area (Å²) in [6, 6.07) is 0.241. The van der Waals surface area contributed by atoms with E-state index in [1.54, 1.807) is 0 Å². The third-order valence-corrected chi connectivity index (χ3v) is 2.76. The van der Waals surface area contributed by atoms with Crippen LogP contribution in [0.2, 0.25) is 0 Å². The second kappa shape index (κ2) is 5.29. The molecule has 1 heteroatoms. The van der Waals surface area contributed by atoms with Crippen LogP contribution in [0.15, 0.2) is 0 Å². The summed E-state index contributed by atoms with van der Waals surface area (Å²) in [4.78, 5) is 0. The Morgan fingerprint density at radius 1 is 1.38 bits per heavy atom. The highest BCUT2D eigenvalue weighted by atomic mass is 14.9. The van der Waals surface area contributed by atoms with Crippen LogP contribution < -0.4 is 5.32 Å². The lowest BCUT2D eigenvalue weighted by atomic mass is 9.82. The third kappa shape index (κ3) is 4.95. The summed E-state index contributed by atoms with van der Waals surface area (Å²) in [5, 5.41) is 3.39. The van der Waals surface area contributed by atoms with Crippen molar-refractivity contribution in [3.63, 3.8) is 0 Å². The van der Waals surface area contributed by atoms with Crippen LogP contribution in [-0.2, 0) is 0 Å². The van der Waals surface area contributed by atoms with Gasteiger partial charge in [0.25, 0.3) is 0 Å². The van der Waals surface area contributed by atoms with Crippen molar-refractivity contribution >= 4 is 0 Å². The van der Waals surface area contributed by atoms with Crippen molar-refractivity contribution in [3.8, 4) is 12.3 Å². The Morgan fingerprint density at radius 2 is 1.92 bits per heavy atom. The van der Waals surface area contributed by atoms with Gasteiger partial charge in [0.15, 0.2) is 0 Å². The molecule has 0 saturated heterocycles. The smallest absolute Gasteiger partial charge is 0.0684 e. The summed E-state index contributed by atoms with van der Waals surface area (Å²) in [5.41, 5.74) is 0.361. The van der Waals surface area contributed by atoms with E-state index in [0.29, 0.717) is 11.3 Å². The molecule has 0 aliphatic rings. The molecule has 0 rings (SSSR count). The molecule has 0 saturated carbocycles. The third-order valence-electron chi connectivity index (χ3n) is 2.76. The summed E-state index contributed by atoms with van der Waals surface area (Å²) < 4.78 is 0. The fourth-order valence-corrected chi connectivity index (χ4v) is 0.946. The van der Waals surface area contributed by atoms with Crippen LogP contribution >= 0.6 is 0 Å². The van der Waals surface area contributed by atoms with Crippen molar-refractivity contribution in [1.29, 1.82) is 0 Å². The SMILES string of the molecule is C#CC(CC)NCC(C)C(C)(C)C. The van der Waals surface area contributed by atoms with Gasteiger partial charge in [-0.1, -0.05) is 40.5 Å². The Balaban J connectivity index is 3.83. The monoisotopic (exact) mass is 181 g/mol. The average molecular weight is 181 g/mol. The Labute approximate surface area is 83.3 Å². The first-order valence-electron chi connectivity index (χ1n) is 5.11. The number of nitrogens with one attached hydrogen (secondary N) is 1. The second-order valence-corrected chi connectivity index (χ2v) is 4.80. The van der Waals surface area contributed by atoms with Gasteiger partial charge in [-0.2, -0.15) is 0 Å². The lowest BCUT2D eigenvalue weighted by molar-refractivity contribution is 0.249. The van der Waals surface area contributed by atoms with Gasteiger partial charge >= 0.3 is 0 Å². The molecule has 0 bridgehead atoms. The molecule has 0 aliphatic carbocycles. The Kier molecular flexibility index (Phi) is 5.10. The highest BCUT2D eigenvalue weighted by molar-refractivity contribution is 4.98. The number of rotatable bonds is 4. The minimum Gasteiger partial charge on any atom is -0.303 e. The van der Waals surface area contributed by atoms with Gasteiger partial charge in [0.1, 0.15) is 0 Å². The summed E-state index contributed by atoms with van der Waals surface area (Å²) in [6.07, 6.45) is 6.37. The van der Waals surface area contributed by atoms with E-state index >= 15 is 0 Å². The fourth-order valence-electron chi connectivity index (χ4n) is 0.946. The van der Waals surface area contributed by atoms with Crippen molar-refractivity contribution in [2.45, 2.75) is 47.1 Å². The van der Waals surface area contributed by atoms with E-state index in [-0.39, 0.29) is 6.04 Å². The molecule has 1 nitrogen and oxygen atoms in total. The van der Waals surface area contributed by atoms with Crippen LogP contribution in [0.4, 0.5) is 0 Å². The normalized spacial score (nSPS) is 16.3. The zero-order valence-corrected chi connectivity index (χ0v) is 9.65. The van der Waals surface area contributed by atoms with E-state index < -0.39 is 0 Å². The lowest BCUT2D eigenvalue weighted by Gasteiger charge is -2.28.